The number of piperidine rings is 1. The molecule has 34 heavy (non-hydrogen) atoms. The van der Waals surface area contributed by atoms with Gasteiger partial charge in [-0.1, -0.05) is 62.4 Å². The Hall–Kier alpha value is -3.35. The van der Waals surface area contributed by atoms with Crippen molar-refractivity contribution < 1.29 is 24.2 Å². The van der Waals surface area contributed by atoms with E-state index in [2.05, 4.69) is 31.3 Å². The Bertz CT molecular complexity index is 1030. The molecular weight excluding hydrogens is 432 g/mol. The molecule has 4 rings (SSSR count). The number of nitrogens with zero attached hydrogens (tertiary/aromatic N) is 1. The highest BCUT2D eigenvalue weighted by molar-refractivity contribution is 5.86. The van der Waals surface area contributed by atoms with Crippen LogP contribution in [0.15, 0.2) is 48.5 Å². The van der Waals surface area contributed by atoms with Crippen LogP contribution < -0.4 is 5.32 Å². The number of carboxylic acid groups (broad SMARTS) is 1. The van der Waals surface area contributed by atoms with Gasteiger partial charge in [0, 0.05) is 25.4 Å². The predicted octanol–water partition coefficient (Wildman–Crippen LogP) is 4.41. The van der Waals surface area contributed by atoms with E-state index >= 15 is 0 Å². The molecule has 180 valence electrons. The van der Waals surface area contributed by atoms with E-state index in [9.17, 15) is 14.4 Å². The predicted molar refractivity (Wildman–Crippen MR) is 128 cm³/mol. The van der Waals surface area contributed by atoms with E-state index in [1.807, 2.05) is 36.4 Å². The first kappa shape index (κ1) is 23.8. The second-order valence-electron chi connectivity index (χ2n) is 9.98. The molecule has 2 amide bonds. The number of alkyl carbamates (subject to hydrolysis) is 1. The van der Waals surface area contributed by atoms with Crippen LogP contribution in [-0.4, -0.2) is 53.7 Å². The SMILES string of the molecule is CC1(C)CCCN(C(=O)C(CCC(=O)O)NC(=O)OCC2c3ccccc3-c3ccccc32)C1. The molecule has 1 atom stereocenters. The van der Waals surface area contributed by atoms with E-state index in [-0.39, 0.29) is 36.7 Å². The van der Waals surface area contributed by atoms with Crippen LogP contribution in [0.1, 0.15) is 56.6 Å². The summed E-state index contributed by atoms with van der Waals surface area (Å²) in [5.41, 5.74) is 4.47. The summed E-state index contributed by atoms with van der Waals surface area (Å²) in [6, 6.07) is 15.2. The number of carbonyl (C=O) groups excluding carboxylic acids is 2. The number of hydrogen-bond donors (Lipinski definition) is 2. The lowest BCUT2D eigenvalue weighted by molar-refractivity contribution is -0.139. The monoisotopic (exact) mass is 464 g/mol. The molecule has 0 bridgehead atoms. The Balaban J connectivity index is 1.43. The van der Waals surface area contributed by atoms with Gasteiger partial charge in [0.25, 0.3) is 0 Å². The molecule has 2 N–H and O–H groups in total. The van der Waals surface area contributed by atoms with Crippen molar-refractivity contribution in [1.82, 2.24) is 10.2 Å². The van der Waals surface area contributed by atoms with Gasteiger partial charge in [-0.05, 0) is 46.9 Å². The van der Waals surface area contributed by atoms with Gasteiger partial charge >= 0.3 is 12.1 Å². The summed E-state index contributed by atoms with van der Waals surface area (Å²) in [5.74, 6) is -1.34. The lowest BCUT2D eigenvalue weighted by Crippen LogP contribution is -2.53. The number of amides is 2. The van der Waals surface area contributed by atoms with Gasteiger partial charge in [0.05, 0.1) is 0 Å². The van der Waals surface area contributed by atoms with Crippen molar-refractivity contribution in [3.05, 3.63) is 59.7 Å². The van der Waals surface area contributed by atoms with E-state index in [1.165, 1.54) is 0 Å². The molecule has 1 saturated heterocycles. The average Bonchev–Trinajstić information content (AvgIpc) is 3.13. The van der Waals surface area contributed by atoms with Gasteiger partial charge in [-0.15, -0.1) is 0 Å². The Morgan fingerprint density at radius 2 is 1.71 bits per heavy atom. The third-order valence-corrected chi connectivity index (χ3v) is 6.79. The molecule has 1 fully saturated rings. The Morgan fingerprint density at radius 1 is 1.09 bits per heavy atom. The van der Waals surface area contributed by atoms with Gasteiger partial charge in [-0.2, -0.15) is 0 Å². The summed E-state index contributed by atoms with van der Waals surface area (Å²) in [5, 5.41) is 11.8. The first-order valence-corrected chi connectivity index (χ1v) is 11.9. The van der Waals surface area contributed by atoms with E-state index in [1.54, 1.807) is 4.90 Å². The highest BCUT2D eigenvalue weighted by Crippen LogP contribution is 2.44. The Labute approximate surface area is 200 Å². The number of benzene rings is 2. The summed E-state index contributed by atoms with van der Waals surface area (Å²) >= 11 is 0. The van der Waals surface area contributed by atoms with Crippen molar-refractivity contribution >= 4 is 18.0 Å². The van der Waals surface area contributed by atoms with Gasteiger partial charge in [-0.25, -0.2) is 4.79 Å². The van der Waals surface area contributed by atoms with Crippen LogP contribution in [0, 0.1) is 5.41 Å². The number of hydrogen-bond acceptors (Lipinski definition) is 4. The third kappa shape index (κ3) is 5.24. The van der Waals surface area contributed by atoms with Crippen LogP contribution >= 0.6 is 0 Å². The molecular formula is C27H32N2O5. The molecule has 2 aliphatic rings. The molecule has 1 aliphatic heterocycles. The maximum atomic E-state index is 13.2. The fraction of sp³-hybridized carbons (Fsp3) is 0.444. The van der Waals surface area contributed by atoms with Gasteiger partial charge in [0.2, 0.25) is 5.91 Å². The fourth-order valence-electron chi connectivity index (χ4n) is 5.14. The molecule has 0 aromatic heterocycles. The van der Waals surface area contributed by atoms with Crippen molar-refractivity contribution in [2.75, 3.05) is 19.7 Å². The topological polar surface area (TPSA) is 95.9 Å². The standard InChI is InChI=1S/C27H32N2O5/c1-27(2)14-7-15-29(17-27)25(32)23(12-13-24(30)31)28-26(33)34-16-22-20-10-5-3-8-18(20)19-9-4-6-11-21(19)22/h3-6,8-11,22-23H,7,12-17H2,1-2H3,(H,28,33)(H,30,31). The quantitative estimate of drug-likeness (QED) is 0.633. The van der Waals surface area contributed by atoms with Crippen LogP contribution in [0.25, 0.3) is 11.1 Å². The zero-order chi connectivity index (χ0) is 24.3. The molecule has 2 aromatic carbocycles. The van der Waals surface area contributed by atoms with Gasteiger partial charge in [0.1, 0.15) is 12.6 Å². The summed E-state index contributed by atoms with van der Waals surface area (Å²) in [6.07, 6.45) is 1.01. The number of aliphatic carboxylic acids is 1. The number of ether oxygens (including phenoxy) is 1. The number of carboxylic acids is 1. The van der Waals surface area contributed by atoms with Gasteiger partial charge in [-0.3, -0.25) is 9.59 Å². The average molecular weight is 465 g/mol. The molecule has 7 nitrogen and oxygen atoms in total. The minimum atomic E-state index is -1.01. The van der Waals surface area contributed by atoms with Crippen LogP contribution in [0.4, 0.5) is 4.79 Å². The van der Waals surface area contributed by atoms with Crippen LogP contribution in [-0.2, 0) is 14.3 Å². The van der Waals surface area contributed by atoms with Crippen molar-refractivity contribution in [3.63, 3.8) is 0 Å². The molecule has 1 heterocycles. The number of nitrogens with one attached hydrogen (secondary N) is 1. The summed E-state index contributed by atoms with van der Waals surface area (Å²) in [4.78, 5) is 38.8. The maximum Gasteiger partial charge on any atom is 0.407 e. The molecule has 0 radical (unpaired) electrons. The number of fused-ring (bicyclic) bond motifs is 3. The van der Waals surface area contributed by atoms with Crippen LogP contribution in [0.3, 0.4) is 0 Å². The zero-order valence-electron chi connectivity index (χ0n) is 19.8. The largest absolute Gasteiger partial charge is 0.481 e. The van der Waals surface area contributed by atoms with E-state index < -0.39 is 18.1 Å². The molecule has 2 aromatic rings. The molecule has 0 saturated carbocycles. The minimum absolute atomic E-state index is 0.00494. The molecule has 7 heteroatoms. The van der Waals surface area contributed by atoms with Crippen molar-refractivity contribution in [2.45, 2.75) is 51.5 Å². The first-order valence-electron chi connectivity index (χ1n) is 11.9. The smallest absolute Gasteiger partial charge is 0.407 e. The molecule has 1 unspecified atom stereocenters. The molecule has 0 spiro atoms. The highest BCUT2D eigenvalue weighted by atomic mass is 16.5. The van der Waals surface area contributed by atoms with E-state index in [4.69, 9.17) is 9.84 Å². The van der Waals surface area contributed by atoms with Crippen molar-refractivity contribution in [1.29, 1.82) is 0 Å². The summed E-state index contributed by atoms with van der Waals surface area (Å²) in [6.45, 7) is 5.55. The maximum absolute atomic E-state index is 13.2. The highest BCUT2D eigenvalue weighted by Gasteiger charge is 2.34. The Morgan fingerprint density at radius 3 is 2.29 bits per heavy atom. The van der Waals surface area contributed by atoms with E-state index in [0.29, 0.717) is 13.1 Å². The van der Waals surface area contributed by atoms with Crippen LogP contribution in [0.2, 0.25) is 0 Å². The van der Waals surface area contributed by atoms with Gasteiger partial charge < -0.3 is 20.1 Å². The van der Waals surface area contributed by atoms with Crippen LogP contribution in [0.5, 0.6) is 0 Å². The molecule has 1 aliphatic carbocycles. The lowest BCUT2D eigenvalue weighted by atomic mass is 9.84. The number of carbonyl (C=O) groups is 3. The number of likely N-dealkylation sites (tertiary alicyclic amines) is 1. The van der Waals surface area contributed by atoms with Crippen molar-refractivity contribution in [3.8, 4) is 11.1 Å². The fourth-order valence-corrected chi connectivity index (χ4v) is 5.14. The minimum Gasteiger partial charge on any atom is -0.481 e. The second-order valence-corrected chi connectivity index (χ2v) is 9.98. The third-order valence-electron chi connectivity index (χ3n) is 6.79. The lowest BCUT2D eigenvalue weighted by Gasteiger charge is -2.39. The van der Waals surface area contributed by atoms with Crippen molar-refractivity contribution in [2.24, 2.45) is 5.41 Å². The summed E-state index contributed by atoms with van der Waals surface area (Å²) < 4.78 is 5.59. The normalized spacial score (nSPS) is 17.4. The second kappa shape index (κ2) is 9.87. The number of rotatable bonds is 7. The first-order chi connectivity index (χ1) is 16.2. The summed E-state index contributed by atoms with van der Waals surface area (Å²) in [7, 11) is 0. The van der Waals surface area contributed by atoms with Gasteiger partial charge in [0.15, 0.2) is 0 Å². The Kier molecular flexibility index (Phi) is 6.91. The van der Waals surface area contributed by atoms with E-state index in [0.717, 1.165) is 35.1 Å². The zero-order valence-corrected chi connectivity index (χ0v) is 19.8.